The van der Waals surface area contributed by atoms with Gasteiger partial charge in [0.05, 0.1) is 91.8 Å². The highest BCUT2D eigenvalue weighted by Crippen LogP contribution is 2.50. The van der Waals surface area contributed by atoms with Gasteiger partial charge < -0.3 is 68.3 Å². The number of rotatable bonds is 44. The monoisotopic (exact) mass is 2030 g/mol. The molecule has 8 amide bonds. The van der Waals surface area contributed by atoms with Crippen molar-refractivity contribution < 1.29 is 86.2 Å². The Bertz CT molecular complexity index is 5530. The first-order valence-corrected chi connectivity index (χ1v) is 51.8. The molecule has 4 N–H and O–H groups in total. The van der Waals surface area contributed by atoms with Crippen LogP contribution in [0.25, 0.3) is 0 Å². The van der Waals surface area contributed by atoms with Crippen LogP contribution in [0.15, 0.2) is 200 Å². The Morgan fingerprint density at radius 3 is 1.88 bits per heavy atom. The lowest BCUT2D eigenvalue weighted by atomic mass is 9.68. The Kier molecular flexibility index (Phi) is 39.0. The zero-order valence-electron chi connectivity index (χ0n) is 83.5. The van der Waals surface area contributed by atoms with E-state index in [1.54, 1.807) is 57.3 Å². The summed E-state index contributed by atoms with van der Waals surface area (Å²) in [5.74, 6) is -2.29. The van der Waals surface area contributed by atoms with Crippen LogP contribution < -0.4 is 30.3 Å². The van der Waals surface area contributed by atoms with Gasteiger partial charge in [0.25, 0.3) is 5.91 Å². The largest absolute Gasteiger partial charge is 0.495 e. The second-order valence-corrected chi connectivity index (χ2v) is 40.9. The number of esters is 1. The summed E-state index contributed by atoms with van der Waals surface area (Å²) in [6.45, 7) is 13.5. The number of epoxide rings is 1. The average Bonchev–Trinajstić information content (AvgIpc) is 1.57. The Balaban J connectivity index is 0.499. The number of likely N-dealkylation sites (N-methyl/N-ethyl adjacent to an activating group) is 1. The highest BCUT2D eigenvalue weighted by molar-refractivity contribution is 8.00. The molecule has 14 rings (SSSR count). The number of likely N-dealkylation sites (tertiary alicyclic amines) is 1. The maximum Gasteiger partial charge on any atom is 0.409 e. The molecule has 4 aromatic heterocycles. The maximum atomic E-state index is 15.6. The molecule has 768 valence electrons. The summed E-state index contributed by atoms with van der Waals surface area (Å²) < 4.78 is 48.1. The zero-order valence-corrected chi connectivity index (χ0v) is 85.9. The lowest BCUT2D eigenvalue weighted by Gasteiger charge is -2.42. The van der Waals surface area contributed by atoms with Crippen LogP contribution in [0.1, 0.15) is 185 Å². The van der Waals surface area contributed by atoms with Gasteiger partial charge in [0.2, 0.25) is 35.4 Å². The Hall–Kier alpha value is -11.6. The van der Waals surface area contributed by atoms with Crippen molar-refractivity contribution in [3.05, 3.63) is 266 Å². The number of aromatic nitrogens is 4. The SMILES string of the molecule is COc1cc2cc(c1Cl)N(C)C(=O)C[C@H](OC(=O)[C@@H](C)N(C)C(=O)CCSC1CC(=O)N(CC3CCC(C(=O)NCCOCCOCCNC(=O)c4ccc(CN(CCCCOc5cc(CN(Cc6ccccn6)Cc6ccccn6)cc(CN(Cc6ccccn6)Cc6ccccn6)c5)C(=O)C5(c6ccc(Cl)cc6)CCCCC5)cc4)CC3)C1=O)[C@]1(C)O[C@@H]1[C@H](C)[C@@H]1C[C@@](O)(NC(=O)O1)[C@H](OC)/C=C/C=C(\C)C2. The van der Waals surface area contributed by atoms with Crippen LogP contribution in [0, 0.1) is 17.8 Å². The summed E-state index contributed by atoms with van der Waals surface area (Å²) >= 11 is 14.6. The number of unbranched alkanes of at least 4 members (excludes halogenated alkanes) is 1. The van der Waals surface area contributed by atoms with E-state index in [1.807, 2.05) is 152 Å². The van der Waals surface area contributed by atoms with Crippen molar-refractivity contribution >= 4 is 94.1 Å². The number of ether oxygens (including phenoxy) is 8. The van der Waals surface area contributed by atoms with Crippen molar-refractivity contribution in [2.24, 2.45) is 17.8 Å². The van der Waals surface area contributed by atoms with E-state index in [0.29, 0.717) is 132 Å². The van der Waals surface area contributed by atoms with Crippen LogP contribution in [0.5, 0.6) is 11.5 Å². The number of carbonyl (C=O) groups is 9. The van der Waals surface area contributed by atoms with Crippen LogP contribution in [0.2, 0.25) is 10.0 Å². The number of amides is 8. The van der Waals surface area contributed by atoms with Gasteiger partial charge in [-0.1, -0.05) is 128 Å². The number of aliphatic hydroxyl groups is 1. The van der Waals surface area contributed by atoms with Crippen LogP contribution >= 0.6 is 35.0 Å². The van der Waals surface area contributed by atoms with Crippen molar-refractivity contribution in [3.63, 3.8) is 0 Å². The number of methoxy groups -OCH3 is 2. The Morgan fingerprint density at radius 2 is 1.29 bits per heavy atom. The zero-order chi connectivity index (χ0) is 102. The minimum atomic E-state index is -1.90. The molecule has 0 radical (unpaired) electrons. The first-order chi connectivity index (χ1) is 69.5. The third-order valence-corrected chi connectivity index (χ3v) is 30.1. The number of allylic oxidation sites excluding steroid dienone is 3. The van der Waals surface area contributed by atoms with E-state index in [0.717, 1.165) is 94.0 Å². The molecule has 8 aromatic rings. The van der Waals surface area contributed by atoms with Gasteiger partial charge in [-0.25, -0.2) is 9.59 Å². The second kappa shape index (κ2) is 52.0. The normalized spacial score (nSPS) is 22.5. The molecule has 9 atom stereocenters. The van der Waals surface area contributed by atoms with E-state index < -0.39 is 88.7 Å². The molecule has 144 heavy (non-hydrogen) atoms. The van der Waals surface area contributed by atoms with Gasteiger partial charge in [0.15, 0.2) is 5.72 Å². The van der Waals surface area contributed by atoms with Crippen molar-refractivity contribution in [3.8, 4) is 11.5 Å². The third kappa shape index (κ3) is 29.4. The van der Waals surface area contributed by atoms with Crippen molar-refractivity contribution in [2.45, 2.75) is 229 Å². The number of hydrogen-bond donors (Lipinski definition) is 4. The lowest BCUT2D eigenvalue weighted by molar-refractivity contribution is -0.162. The number of hydrogen-bond acceptors (Lipinski definition) is 25. The number of anilines is 1. The number of alkyl carbamates (subject to hydrolysis) is 1. The molecule has 34 heteroatoms. The first-order valence-electron chi connectivity index (χ1n) is 50.0. The molecule has 4 aromatic carbocycles. The number of thioether (sulfide) groups is 1. The molecule has 0 spiro atoms. The fraction of sp³-hybridized carbons (Fsp3) is 0.482. The van der Waals surface area contributed by atoms with Gasteiger partial charge in [-0.3, -0.25) is 73.5 Å². The third-order valence-electron chi connectivity index (χ3n) is 28.2. The standard InChI is InChI=1S/C110H135Cl2N13O18S/c1-74-23-22-28-95(137-8)110(135)65-93(141-107(134)119-110)75(2)101-108(4,143-101)96(64-98(127)121(6)91-61-79(57-74)62-92(136-7)100(91)112)142-105(132)76(3)120(5)97(126)41-56-144-94-63-99(128)125(104(94)131)69-78-31-35-83(36-32-78)103(130)118-49-53-139-55-54-138-52-48-117-102(129)82-33-29-77(30-34-82)68-124(106(133)109(42-14-9-15-43-109)84-37-39-85(111)40-38-84)50-20-21-51-140-90-59-80(66-122(70-86-24-10-16-44-113-86)71-87-25-11-17-45-114-87)58-81(60-90)67-123(72-88-26-12-18-46-115-88)73-89-27-13-19-47-116-89/h10-13,16-19,22-30,33-34,37-40,44-47,58-62,75-76,78,83,93-96,101,135H,9,14-15,20-21,31-32,35-36,41-43,48-57,63-73H2,1-8H3,(H,117,129)(H,118,130)(H,119,134)/b28-22+,74-23+/t75-,76-,78?,83?,93+,94?,95-,96+,101-,108+,110+/m1/s1. The lowest BCUT2D eigenvalue weighted by Crippen LogP contribution is -2.63. The van der Waals surface area contributed by atoms with E-state index in [1.165, 1.54) is 54.7 Å². The molecule has 6 aliphatic rings. The van der Waals surface area contributed by atoms with Gasteiger partial charge in [-0.15, -0.1) is 11.8 Å². The van der Waals surface area contributed by atoms with E-state index in [4.69, 9.17) is 81.0 Å². The van der Waals surface area contributed by atoms with E-state index >= 15 is 4.79 Å². The minimum Gasteiger partial charge on any atom is -0.495 e. The van der Waals surface area contributed by atoms with Crippen molar-refractivity contribution in [1.29, 1.82) is 0 Å². The van der Waals surface area contributed by atoms with Crippen LogP contribution in [0.4, 0.5) is 10.5 Å². The van der Waals surface area contributed by atoms with Gasteiger partial charge in [0, 0.05) is 165 Å². The summed E-state index contributed by atoms with van der Waals surface area (Å²) in [7, 11) is 5.89. The molecule has 31 nitrogen and oxygen atoms in total. The molecular formula is C110H135Cl2N13O18S. The van der Waals surface area contributed by atoms with E-state index in [2.05, 4.69) is 43.9 Å². The molecule has 4 bridgehead atoms. The number of carbonyl (C=O) groups excluding carboxylic acids is 9. The minimum absolute atomic E-state index is 0.00755. The molecular weight excluding hydrogens is 1890 g/mol. The molecule has 2 aliphatic carbocycles. The van der Waals surface area contributed by atoms with Gasteiger partial charge in [0.1, 0.15) is 46.5 Å². The fourth-order valence-electron chi connectivity index (χ4n) is 20.0. The number of nitrogens with zero attached hydrogens (tertiary/aromatic N) is 10. The summed E-state index contributed by atoms with van der Waals surface area (Å²) in [5.41, 5.74) is 6.31. The van der Waals surface area contributed by atoms with Crippen LogP contribution in [-0.4, -0.2) is 243 Å². The van der Waals surface area contributed by atoms with Crippen LogP contribution in [-0.2, 0) is 120 Å². The second-order valence-electron chi connectivity index (χ2n) is 38.7. The average molecular weight is 2030 g/mol. The molecule has 3 saturated heterocycles. The summed E-state index contributed by atoms with van der Waals surface area (Å²) in [4.78, 5) is 155. The Labute approximate surface area is 857 Å². The highest BCUT2D eigenvalue weighted by atomic mass is 35.5. The predicted octanol–water partition coefficient (Wildman–Crippen LogP) is 14.9. The molecule has 5 fully saturated rings. The number of pyridine rings is 4. The van der Waals surface area contributed by atoms with Gasteiger partial charge in [-0.2, -0.15) is 0 Å². The summed E-state index contributed by atoms with van der Waals surface area (Å²) in [6, 6.07) is 48.1. The summed E-state index contributed by atoms with van der Waals surface area (Å²) in [6.07, 6.45) is 15.6. The van der Waals surface area contributed by atoms with Gasteiger partial charge >= 0.3 is 12.1 Å². The number of benzene rings is 4. The number of imide groups is 1. The van der Waals surface area contributed by atoms with E-state index in [-0.39, 0.29) is 111 Å². The number of fused-ring (bicyclic) bond motifs is 5. The molecule has 2 saturated carbocycles. The number of nitrogens with one attached hydrogen (secondary N) is 3. The van der Waals surface area contributed by atoms with Crippen molar-refractivity contribution in [2.75, 3.05) is 98.2 Å². The molecule has 4 aliphatic heterocycles. The van der Waals surface area contributed by atoms with Crippen LogP contribution in [0.3, 0.4) is 0 Å². The quantitative estimate of drug-likeness (QED) is 0.0119. The van der Waals surface area contributed by atoms with E-state index in [9.17, 15) is 43.5 Å². The topological polar surface area (TPSA) is 358 Å². The molecule has 1 unspecified atom stereocenters. The fourth-order valence-corrected chi connectivity index (χ4v) is 21.5. The molecule has 8 heterocycles. The Morgan fingerprint density at radius 1 is 0.688 bits per heavy atom. The number of halogens is 2. The smallest absolute Gasteiger partial charge is 0.409 e. The maximum absolute atomic E-state index is 15.6. The van der Waals surface area contributed by atoms with Crippen molar-refractivity contribution in [1.82, 2.24) is 60.4 Å². The summed E-state index contributed by atoms with van der Waals surface area (Å²) in [5, 5.41) is 20.5. The first kappa shape index (κ1) is 108. The predicted molar refractivity (Wildman–Crippen MR) is 548 cm³/mol. The van der Waals surface area contributed by atoms with Gasteiger partial charge in [-0.05, 0) is 209 Å². The highest BCUT2D eigenvalue weighted by Gasteiger charge is 2.65.